The quantitative estimate of drug-likeness (QED) is 0.240. The maximum absolute atomic E-state index is 14.8. The number of rotatable bonds is 6. The molecule has 0 amide bonds. The predicted molar refractivity (Wildman–Crippen MR) is 136 cm³/mol. The van der Waals surface area contributed by atoms with Crippen molar-refractivity contribution >= 4 is 22.5 Å². The number of para-hydroxylation sites is 2. The topological polar surface area (TPSA) is 56.5 Å². The first-order valence-corrected chi connectivity index (χ1v) is 12.1. The number of hydrogen-bond donors (Lipinski definition) is 0. The highest BCUT2D eigenvalue weighted by atomic mass is 19.4. The second kappa shape index (κ2) is 9.66. The number of aromatic nitrogens is 2. The molecule has 1 saturated heterocycles. The minimum Gasteiger partial charge on any atom is -0.494 e. The number of fused-ring (bicyclic) bond motifs is 1. The number of Topliss-reactive ketones (excluding diaryl/α,β-unsaturated/α-hetero) is 1. The zero-order chi connectivity index (χ0) is 27.2. The lowest BCUT2D eigenvalue weighted by atomic mass is 10.1. The molecule has 0 saturated carbocycles. The molecule has 4 aromatic rings. The lowest BCUT2D eigenvalue weighted by Gasteiger charge is -2.22. The first-order valence-electron chi connectivity index (χ1n) is 12.1. The summed E-state index contributed by atoms with van der Waals surface area (Å²) >= 11 is 0. The van der Waals surface area contributed by atoms with Crippen molar-refractivity contribution < 1.29 is 27.1 Å². The molecule has 1 aliphatic rings. The summed E-state index contributed by atoms with van der Waals surface area (Å²) in [5.41, 5.74) is -0.0177. The summed E-state index contributed by atoms with van der Waals surface area (Å²) in [5.74, 6) is -0.450. The Bertz CT molecular complexity index is 1590. The third-order valence-electron chi connectivity index (χ3n) is 7.03. The van der Waals surface area contributed by atoms with E-state index in [-0.39, 0.29) is 35.7 Å². The van der Waals surface area contributed by atoms with Gasteiger partial charge >= 0.3 is 11.9 Å². The van der Waals surface area contributed by atoms with Gasteiger partial charge in [-0.15, -0.1) is 0 Å². The van der Waals surface area contributed by atoms with Crippen LogP contribution in [0.15, 0.2) is 65.5 Å². The third kappa shape index (κ3) is 4.33. The fraction of sp³-hybridized carbons (Fsp3) is 0.286. The number of ketones is 1. The Morgan fingerprint density at radius 3 is 2.50 bits per heavy atom. The molecule has 6 nitrogen and oxygen atoms in total. The Morgan fingerprint density at radius 1 is 1.05 bits per heavy atom. The van der Waals surface area contributed by atoms with Gasteiger partial charge in [0.2, 0.25) is 0 Å². The molecule has 38 heavy (non-hydrogen) atoms. The molecule has 1 aliphatic heterocycles. The van der Waals surface area contributed by atoms with E-state index in [1.165, 1.54) is 48.9 Å². The maximum Gasteiger partial charge on any atom is 0.416 e. The lowest BCUT2D eigenvalue weighted by Crippen LogP contribution is -2.30. The number of imidazole rings is 1. The fourth-order valence-electron chi connectivity index (χ4n) is 5.35. The summed E-state index contributed by atoms with van der Waals surface area (Å²) < 4.78 is 64.3. The Morgan fingerprint density at radius 2 is 1.79 bits per heavy atom. The van der Waals surface area contributed by atoms with Gasteiger partial charge in [0, 0.05) is 18.7 Å². The van der Waals surface area contributed by atoms with Gasteiger partial charge in [-0.2, -0.15) is 13.2 Å². The van der Waals surface area contributed by atoms with E-state index < -0.39 is 29.3 Å². The largest absolute Gasteiger partial charge is 0.494 e. The highest BCUT2D eigenvalue weighted by Gasteiger charge is 2.35. The number of halogens is 4. The summed E-state index contributed by atoms with van der Waals surface area (Å²) in [4.78, 5) is 27.7. The molecular formula is C28H25F4N3O3. The molecule has 198 valence electrons. The van der Waals surface area contributed by atoms with E-state index in [0.29, 0.717) is 29.7 Å². The molecular weight excluding hydrogens is 502 g/mol. The van der Waals surface area contributed by atoms with Gasteiger partial charge in [-0.3, -0.25) is 13.9 Å². The van der Waals surface area contributed by atoms with Crippen molar-refractivity contribution in [2.24, 2.45) is 0 Å². The molecule has 0 radical (unpaired) electrons. The molecule has 1 unspecified atom stereocenters. The van der Waals surface area contributed by atoms with Crippen LogP contribution in [0.4, 0.5) is 23.2 Å². The fourth-order valence-corrected chi connectivity index (χ4v) is 5.35. The minimum absolute atomic E-state index is 0.0439. The molecule has 5 rings (SSSR count). The Hall–Kier alpha value is -4.08. The number of ether oxygens (including phenoxy) is 1. The number of benzene rings is 3. The smallest absolute Gasteiger partial charge is 0.416 e. The number of carbonyl (C=O) groups excluding carboxylic acids is 1. The van der Waals surface area contributed by atoms with Crippen molar-refractivity contribution in [2.75, 3.05) is 25.1 Å². The summed E-state index contributed by atoms with van der Waals surface area (Å²) in [6.07, 6.45) is -4.11. The minimum atomic E-state index is -4.58. The highest BCUT2D eigenvalue weighted by molar-refractivity contribution is 6.00. The van der Waals surface area contributed by atoms with Gasteiger partial charge in [-0.1, -0.05) is 30.3 Å². The molecule has 2 heterocycles. The molecule has 3 aromatic carbocycles. The summed E-state index contributed by atoms with van der Waals surface area (Å²) in [5, 5.41) is 0. The molecule has 1 aromatic heterocycles. The van der Waals surface area contributed by atoms with Crippen LogP contribution in [0, 0.1) is 5.82 Å². The number of carbonyl (C=O) groups is 1. The standard InChI is InChI=1S/C28H25F4N3O3/c1-17(36)20-8-5-10-22(29)25(20)33-14-13-19(16-33)35-23-11-6-12-24(38-2)26(23)34(27(35)37)15-18-7-3-4-9-21(18)28(30,31)32/h3-12,19H,13-16H2,1-2H3. The second-order valence-electron chi connectivity index (χ2n) is 9.30. The molecule has 0 bridgehead atoms. The summed E-state index contributed by atoms with van der Waals surface area (Å²) in [7, 11) is 1.43. The van der Waals surface area contributed by atoms with Gasteiger partial charge in [0.05, 0.1) is 36.5 Å². The number of hydrogen-bond acceptors (Lipinski definition) is 4. The van der Waals surface area contributed by atoms with Crippen molar-refractivity contribution in [1.82, 2.24) is 9.13 Å². The molecule has 0 aliphatic carbocycles. The SMILES string of the molecule is COc1cccc2c1n(Cc1ccccc1C(F)(F)F)c(=O)n2C1CCN(c2c(F)cccc2C(C)=O)C1. The van der Waals surface area contributed by atoms with Crippen molar-refractivity contribution in [3.63, 3.8) is 0 Å². The van der Waals surface area contributed by atoms with Crippen LogP contribution >= 0.6 is 0 Å². The van der Waals surface area contributed by atoms with E-state index in [1.807, 2.05) is 0 Å². The van der Waals surface area contributed by atoms with Crippen LogP contribution in [0.3, 0.4) is 0 Å². The second-order valence-corrected chi connectivity index (χ2v) is 9.30. The summed E-state index contributed by atoms with van der Waals surface area (Å²) in [6, 6.07) is 14.2. The molecule has 1 fully saturated rings. The van der Waals surface area contributed by atoms with Crippen molar-refractivity contribution in [1.29, 1.82) is 0 Å². The average molecular weight is 528 g/mol. The Labute approximate surface area is 215 Å². The monoisotopic (exact) mass is 527 g/mol. The lowest BCUT2D eigenvalue weighted by molar-refractivity contribution is -0.138. The normalized spacial score (nSPS) is 15.8. The van der Waals surface area contributed by atoms with Gasteiger partial charge in [0.1, 0.15) is 17.1 Å². The van der Waals surface area contributed by atoms with Crippen LogP contribution in [0.1, 0.15) is 40.9 Å². The van der Waals surface area contributed by atoms with Gasteiger partial charge < -0.3 is 9.64 Å². The average Bonchev–Trinajstić information content (AvgIpc) is 3.46. The third-order valence-corrected chi connectivity index (χ3v) is 7.03. The van der Waals surface area contributed by atoms with Crippen LogP contribution in [0.25, 0.3) is 11.0 Å². The van der Waals surface area contributed by atoms with E-state index >= 15 is 0 Å². The predicted octanol–water partition coefficient (Wildman–Crippen LogP) is 5.67. The van der Waals surface area contributed by atoms with E-state index in [4.69, 9.17) is 4.74 Å². The van der Waals surface area contributed by atoms with E-state index in [1.54, 1.807) is 33.7 Å². The van der Waals surface area contributed by atoms with E-state index in [0.717, 1.165) is 6.07 Å². The molecule has 10 heteroatoms. The Balaban J connectivity index is 1.61. The first-order chi connectivity index (χ1) is 18.1. The van der Waals surface area contributed by atoms with Crippen LogP contribution in [-0.2, 0) is 12.7 Å². The van der Waals surface area contributed by atoms with Crippen LogP contribution in [-0.4, -0.2) is 35.1 Å². The zero-order valence-corrected chi connectivity index (χ0v) is 20.8. The van der Waals surface area contributed by atoms with Gasteiger partial charge in [-0.05, 0) is 49.2 Å². The van der Waals surface area contributed by atoms with Gasteiger partial charge in [-0.25, -0.2) is 9.18 Å². The van der Waals surface area contributed by atoms with Crippen molar-refractivity contribution in [2.45, 2.75) is 32.1 Å². The van der Waals surface area contributed by atoms with Crippen LogP contribution in [0.2, 0.25) is 0 Å². The zero-order valence-electron chi connectivity index (χ0n) is 20.8. The number of anilines is 1. The number of nitrogens with zero attached hydrogens (tertiary/aromatic N) is 3. The van der Waals surface area contributed by atoms with Crippen molar-refractivity contribution in [3.8, 4) is 5.75 Å². The highest BCUT2D eigenvalue weighted by Crippen LogP contribution is 2.36. The van der Waals surface area contributed by atoms with Crippen molar-refractivity contribution in [3.05, 3.63) is 93.7 Å². The Kier molecular flexibility index (Phi) is 6.50. The maximum atomic E-state index is 14.8. The van der Waals surface area contributed by atoms with Crippen LogP contribution in [0.5, 0.6) is 5.75 Å². The van der Waals surface area contributed by atoms with Gasteiger partial charge in [0.15, 0.2) is 5.78 Å². The summed E-state index contributed by atoms with van der Waals surface area (Å²) in [6.45, 7) is 1.70. The molecule has 0 N–H and O–H groups in total. The molecule has 0 spiro atoms. The number of methoxy groups -OCH3 is 1. The first kappa shape index (κ1) is 25.6. The number of alkyl halides is 3. The van der Waals surface area contributed by atoms with Crippen LogP contribution < -0.4 is 15.3 Å². The molecule has 1 atom stereocenters. The van der Waals surface area contributed by atoms with E-state index in [9.17, 15) is 27.2 Å². The van der Waals surface area contributed by atoms with Gasteiger partial charge in [0.25, 0.3) is 0 Å². The van der Waals surface area contributed by atoms with E-state index in [2.05, 4.69) is 0 Å².